The van der Waals surface area contributed by atoms with Crippen LogP contribution in [0, 0.1) is 0 Å². The molecule has 0 spiro atoms. The van der Waals surface area contributed by atoms with E-state index < -0.39 is 29.1 Å². The molecule has 3 heterocycles. The van der Waals surface area contributed by atoms with Gasteiger partial charge in [-0.1, -0.05) is 6.58 Å². The maximum atomic E-state index is 13.7. The SMILES string of the molecule is C=C(C)[C@@H]1Cc2c(ccc3c2O[C@@H]2CO[C@]4(OC)C=C(OC)C(=O)C=C4[C@@]2(O)C3=O)O1. The van der Waals surface area contributed by atoms with E-state index in [0.29, 0.717) is 17.9 Å². The molecular formula is C23H22O8. The van der Waals surface area contributed by atoms with E-state index in [1.807, 2.05) is 6.92 Å². The number of fused-ring (bicyclic) bond motifs is 6. The van der Waals surface area contributed by atoms with Gasteiger partial charge in [-0.25, -0.2) is 0 Å². The number of ether oxygens (including phenoxy) is 5. The van der Waals surface area contributed by atoms with Gasteiger partial charge in [-0.3, -0.25) is 9.59 Å². The molecule has 4 atom stereocenters. The van der Waals surface area contributed by atoms with E-state index >= 15 is 0 Å². The number of carbonyl (C=O) groups is 2. The predicted molar refractivity (Wildman–Crippen MR) is 107 cm³/mol. The molecule has 8 heteroatoms. The minimum absolute atomic E-state index is 0.00182. The summed E-state index contributed by atoms with van der Waals surface area (Å²) in [6, 6.07) is 3.26. The first-order valence-corrected chi connectivity index (χ1v) is 9.90. The molecule has 1 N–H and O–H groups in total. The number of benzene rings is 1. The Morgan fingerprint density at radius 2 is 2.03 bits per heavy atom. The van der Waals surface area contributed by atoms with Crippen LogP contribution < -0.4 is 9.47 Å². The molecule has 1 fully saturated rings. The van der Waals surface area contributed by atoms with E-state index in [4.69, 9.17) is 23.7 Å². The lowest BCUT2D eigenvalue weighted by molar-refractivity contribution is -0.230. The summed E-state index contributed by atoms with van der Waals surface area (Å²) in [4.78, 5) is 26.1. The second kappa shape index (κ2) is 6.53. The molecule has 0 amide bonds. The third kappa shape index (κ3) is 2.52. The Balaban J connectivity index is 1.63. The number of Topliss-reactive ketones (excluding diaryl/α,β-unsaturated/α-hetero) is 1. The maximum Gasteiger partial charge on any atom is 0.220 e. The Labute approximate surface area is 178 Å². The van der Waals surface area contributed by atoms with E-state index in [0.717, 1.165) is 17.2 Å². The zero-order chi connectivity index (χ0) is 22.1. The van der Waals surface area contributed by atoms with E-state index in [2.05, 4.69) is 6.58 Å². The molecule has 31 heavy (non-hydrogen) atoms. The quantitative estimate of drug-likeness (QED) is 0.729. The fourth-order valence-corrected chi connectivity index (χ4v) is 4.62. The minimum Gasteiger partial charge on any atom is -0.493 e. The second-order valence-electron chi connectivity index (χ2n) is 8.10. The Kier molecular flexibility index (Phi) is 4.21. The number of hydrogen-bond acceptors (Lipinski definition) is 8. The molecule has 1 aromatic carbocycles. The summed E-state index contributed by atoms with van der Waals surface area (Å²) in [5, 5.41) is 11.7. The largest absolute Gasteiger partial charge is 0.493 e. The smallest absolute Gasteiger partial charge is 0.220 e. The van der Waals surface area contributed by atoms with Crippen LogP contribution in [-0.2, 0) is 25.4 Å². The molecule has 4 aliphatic rings. The van der Waals surface area contributed by atoms with Crippen LogP contribution in [-0.4, -0.2) is 61.1 Å². The van der Waals surface area contributed by atoms with E-state index in [1.54, 1.807) is 12.1 Å². The molecule has 1 saturated heterocycles. The number of carbonyl (C=O) groups excluding carboxylic acids is 2. The summed E-state index contributed by atoms with van der Waals surface area (Å²) in [6.45, 7) is 5.67. The molecular weight excluding hydrogens is 404 g/mol. The zero-order valence-corrected chi connectivity index (χ0v) is 17.4. The minimum atomic E-state index is -2.14. The van der Waals surface area contributed by atoms with Crippen molar-refractivity contribution >= 4 is 11.6 Å². The zero-order valence-electron chi connectivity index (χ0n) is 17.4. The topological polar surface area (TPSA) is 101 Å². The summed E-state index contributed by atoms with van der Waals surface area (Å²) >= 11 is 0. The Morgan fingerprint density at radius 3 is 2.71 bits per heavy atom. The summed E-state index contributed by atoms with van der Waals surface area (Å²) in [6.07, 6.45) is 1.70. The van der Waals surface area contributed by atoms with Gasteiger partial charge in [0, 0.05) is 30.7 Å². The van der Waals surface area contributed by atoms with Gasteiger partial charge in [-0.2, -0.15) is 0 Å². The van der Waals surface area contributed by atoms with Crippen molar-refractivity contribution in [2.75, 3.05) is 20.8 Å². The van der Waals surface area contributed by atoms with Crippen LogP contribution in [0.2, 0.25) is 0 Å². The van der Waals surface area contributed by atoms with Crippen LogP contribution >= 0.6 is 0 Å². The number of rotatable bonds is 3. The number of methoxy groups -OCH3 is 2. The molecule has 0 radical (unpaired) electrons. The lowest BCUT2D eigenvalue weighted by Gasteiger charge is -2.50. The van der Waals surface area contributed by atoms with Crippen molar-refractivity contribution in [1.29, 1.82) is 0 Å². The standard InChI is InChI=1S/C23H22O8/c1-11(2)16-7-13-15(30-16)6-5-12-20(13)31-19-10-29-22(28-4)9-17(27-3)14(24)8-18(22)23(19,26)21(12)25/h5-6,8-9,16,19,26H,1,7,10H2,2-4H3/t16-,19+,22+,23-/m0/s1. The van der Waals surface area contributed by atoms with Crippen LogP contribution in [0.25, 0.3) is 0 Å². The molecule has 1 aliphatic carbocycles. The molecule has 0 saturated carbocycles. The molecule has 0 unspecified atom stereocenters. The van der Waals surface area contributed by atoms with Gasteiger partial charge in [0.05, 0.1) is 19.3 Å². The van der Waals surface area contributed by atoms with Gasteiger partial charge >= 0.3 is 0 Å². The van der Waals surface area contributed by atoms with Gasteiger partial charge in [-0.15, -0.1) is 0 Å². The van der Waals surface area contributed by atoms with Gasteiger partial charge in [-0.05, 0) is 30.7 Å². The average Bonchev–Trinajstić information content (AvgIpc) is 3.20. The summed E-state index contributed by atoms with van der Waals surface area (Å²) in [7, 11) is 2.71. The maximum absolute atomic E-state index is 13.7. The van der Waals surface area contributed by atoms with Crippen molar-refractivity contribution in [1.82, 2.24) is 0 Å². The van der Waals surface area contributed by atoms with Crippen LogP contribution in [0.1, 0.15) is 22.8 Å². The third-order valence-electron chi connectivity index (χ3n) is 6.34. The van der Waals surface area contributed by atoms with Crippen LogP contribution in [0.4, 0.5) is 0 Å². The highest BCUT2D eigenvalue weighted by atomic mass is 16.7. The summed E-state index contributed by atoms with van der Waals surface area (Å²) < 4.78 is 28.6. The van der Waals surface area contributed by atoms with Crippen LogP contribution in [0.15, 0.2) is 47.8 Å². The van der Waals surface area contributed by atoms with Gasteiger partial charge in [0.15, 0.2) is 17.5 Å². The normalized spacial score (nSPS) is 33.0. The van der Waals surface area contributed by atoms with Crippen molar-refractivity contribution in [2.45, 2.75) is 36.9 Å². The number of aliphatic hydroxyl groups is 1. The van der Waals surface area contributed by atoms with Gasteiger partial charge < -0.3 is 28.8 Å². The highest BCUT2D eigenvalue weighted by Crippen LogP contribution is 2.51. The van der Waals surface area contributed by atoms with Gasteiger partial charge in [0.2, 0.25) is 17.4 Å². The van der Waals surface area contributed by atoms with E-state index in [1.165, 1.54) is 20.3 Å². The Hall–Kier alpha value is -2.94. The molecule has 162 valence electrons. The molecule has 0 bridgehead atoms. The van der Waals surface area contributed by atoms with Crippen LogP contribution in [0.3, 0.4) is 0 Å². The average molecular weight is 426 g/mol. The molecule has 3 aliphatic heterocycles. The monoisotopic (exact) mass is 426 g/mol. The van der Waals surface area contributed by atoms with E-state index in [9.17, 15) is 14.7 Å². The van der Waals surface area contributed by atoms with Crippen molar-refractivity contribution in [3.63, 3.8) is 0 Å². The van der Waals surface area contributed by atoms with E-state index in [-0.39, 0.29) is 29.6 Å². The fraction of sp³-hybridized carbons (Fsp3) is 0.391. The first kappa shape index (κ1) is 20.0. The summed E-state index contributed by atoms with van der Waals surface area (Å²) in [5.74, 6) is -1.73. The number of hydrogen-bond donors (Lipinski definition) is 1. The van der Waals surface area contributed by atoms with Crippen molar-refractivity contribution in [3.05, 3.63) is 58.9 Å². The van der Waals surface area contributed by atoms with Crippen molar-refractivity contribution in [2.24, 2.45) is 0 Å². The highest BCUT2D eigenvalue weighted by Gasteiger charge is 2.64. The summed E-state index contributed by atoms with van der Waals surface area (Å²) in [5.41, 5.74) is -0.350. The fourth-order valence-electron chi connectivity index (χ4n) is 4.62. The Morgan fingerprint density at radius 1 is 1.26 bits per heavy atom. The third-order valence-corrected chi connectivity index (χ3v) is 6.34. The predicted octanol–water partition coefficient (Wildman–Crippen LogP) is 1.65. The van der Waals surface area contributed by atoms with Gasteiger partial charge in [0.25, 0.3) is 0 Å². The van der Waals surface area contributed by atoms with Crippen molar-refractivity contribution < 1.29 is 38.4 Å². The molecule has 5 rings (SSSR count). The number of allylic oxidation sites excluding steroid dienone is 1. The Bertz CT molecular complexity index is 1100. The highest BCUT2D eigenvalue weighted by molar-refractivity contribution is 6.12. The lowest BCUT2D eigenvalue weighted by atomic mass is 9.71. The second-order valence-corrected chi connectivity index (χ2v) is 8.10. The molecule has 0 aromatic heterocycles. The van der Waals surface area contributed by atoms with Crippen LogP contribution in [0.5, 0.6) is 11.5 Å². The lowest BCUT2D eigenvalue weighted by Crippen LogP contribution is -2.67. The van der Waals surface area contributed by atoms with Crippen molar-refractivity contribution in [3.8, 4) is 11.5 Å². The molecule has 1 aromatic rings. The van der Waals surface area contributed by atoms with Gasteiger partial charge in [0.1, 0.15) is 17.6 Å². The first-order chi connectivity index (χ1) is 14.7. The first-order valence-electron chi connectivity index (χ1n) is 9.90. The molecule has 8 nitrogen and oxygen atoms in total. The number of ketones is 2.